The lowest BCUT2D eigenvalue weighted by molar-refractivity contribution is 0.0520. The van der Waals surface area contributed by atoms with Crippen LogP contribution in [-0.2, 0) is 4.74 Å². The number of nitrogens with two attached hydrogens (primary N) is 1. The second-order valence-electron chi connectivity index (χ2n) is 3.36. The first-order valence-corrected chi connectivity index (χ1v) is 5.24. The minimum Gasteiger partial charge on any atom is -0.461 e. The van der Waals surface area contributed by atoms with E-state index < -0.39 is 5.97 Å². The summed E-state index contributed by atoms with van der Waals surface area (Å²) in [6, 6.07) is 5.05. The predicted molar refractivity (Wildman–Crippen MR) is 63.7 cm³/mol. The van der Waals surface area contributed by atoms with Gasteiger partial charge in [0.2, 0.25) is 0 Å². The van der Waals surface area contributed by atoms with E-state index in [0.717, 1.165) is 5.39 Å². The van der Waals surface area contributed by atoms with E-state index in [1.165, 1.54) is 0 Å². The average Bonchev–Trinajstić information content (AvgIpc) is 2.62. The molecule has 0 radical (unpaired) electrons. The van der Waals surface area contributed by atoms with Gasteiger partial charge in [-0.3, -0.25) is 0 Å². The normalized spacial score (nSPS) is 10.6. The van der Waals surface area contributed by atoms with Crippen molar-refractivity contribution in [3.63, 3.8) is 0 Å². The number of nitrogens with one attached hydrogen (secondary N) is 1. The number of hydrogen-bond donors (Lipinski definition) is 2. The highest BCUT2D eigenvalue weighted by Crippen LogP contribution is 2.26. The van der Waals surface area contributed by atoms with Gasteiger partial charge >= 0.3 is 5.97 Å². The van der Waals surface area contributed by atoms with E-state index in [4.69, 9.17) is 22.1 Å². The van der Waals surface area contributed by atoms with Gasteiger partial charge in [0.15, 0.2) is 0 Å². The molecule has 0 aliphatic carbocycles. The summed E-state index contributed by atoms with van der Waals surface area (Å²) in [5.41, 5.74) is 7.37. The Kier molecular flexibility index (Phi) is 2.75. The monoisotopic (exact) mass is 238 g/mol. The molecule has 16 heavy (non-hydrogen) atoms. The molecule has 84 valence electrons. The number of hydrogen-bond acceptors (Lipinski definition) is 3. The Balaban J connectivity index is 2.51. The molecule has 2 rings (SSSR count). The lowest BCUT2D eigenvalue weighted by Crippen LogP contribution is -2.04. The van der Waals surface area contributed by atoms with Gasteiger partial charge in [-0.15, -0.1) is 0 Å². The Morgan fingerprint density at radius 3 is 2.94 bits per heavy atom. The van der Waals surface area contributed by atoms with Crippen molar-refractivity contribution in [2.45, 2.75) is 6.92 Å². The topological polar surface area (TPSA) is 68.1 Å². The third-order valence-corrected chi connectivity index (χ3v) is 2.44. The third-order valence-electron chi connectivity index (χ3n) is 2.22. The van der Waals surface area contributed by atoms with Crippen molar-refractivity contribution in [1.29, 1.82) is 0 Å². The number of anilines is 1. The molecule has 0 aliphatic rings. The van der Waals surface area contributed by atoms with Gasteiger partial charge in [-0.1, -0.05) is 11.6 Å². The molecule has 0 spiro atoms. The van der Waals surface area contributed by atoms with Crippen LogP contribution in [0.3, 0.4) is 0 Å². The molecule has 1 aromatic heterocycles. The van der Waals surface area contributed by atoms with Crippen molar-refractivity contribution in [2.24, 2.45) is 0 Å². The molecule has 0 atom stereocenters. The zero-order chi connectivity index (χ0) is 11.7. The summed E-state index contributed by atoms with van der Waals surface area (Å²) in [4.78, 5) is 14.4. The SMILES string of the molecule is CCOC(=O)c1cc2cc(Cl)cc(N)c2[nH]1. The number of halogens is 1. The van der Waals surface area contributed by atoms with Crippen LogP contribution in [0.25, 0.3) is 10.9 Å². The van der Waals surface area contributed by atoms with Gasteiger partial charge in [-0.25, -0.2) is 4.79 Å². The van der Waals surface area contributed by atoms with E-state index in [0.29, 0.717) is 28.5 Å². The van der Waals surface area contributed by atoms with Crippen LogP contribution in [0.4, 0.5) is 5.69 Å². The number of aromatic amines is 1. The molecule has 0 amide bonds. The Morgan fingerprint density at radius 1 is 1.50 bits per heavy atom. The van der Waals surface area contributed by atoms with Gasteiger partial charge in [0.25, 0.3) is 0 Å². The van der Waals surface area contributed by atoms with Gasteiger partial charge in [-0.05, 0) is 25.1 Å². The van der Waals surface area contributed by atoms with Crippen LogP contribution in [0.5, 0.6) is 0 Å². The summed E-state index contributed by atoms with van der Waals surface area (Å²) in [7, 11) is 0. The standard InChI is InChI=1S/C11H11ClN2O2/c1-2-16-11(15)9-4-6-3-7(12)5-8(13)10(6)14-9/h3-5,14H,2,13H2,1H3. The Hall–Kier alpha value is -1.68. The van der Waals surface area contributed by atoms with Crippen molar-refractivity contribution in [3.05, 3.63) is 28.9 Å². The molecule has 1 heterocycles. The Morgan fingerprint density at radius 2 is 2.25 bits per heavy atom. The summed E-state index contributed by atoms with van der Waals surface area (Å²) in [6.45, 7) is 2.09. The maximum absolute atomic E-state index is 11.5. The zero-order valence-corrected chi connectivity index (χ0v) is 9.47. The first-order chi connectivity index (χ1) is 7.61. The van der Waals surface area contributed by atoms with Crippen LogP contribution in [0.15, 0.2) is 18.2 Å². The second kappa shape index (κ2) is 4.06. The lowest BCUT2D eigenvalue weighted by atomic mass is 10.2. The summed E-state index contributed by atoms with van der Waals surface area (Å²) in [6.07, 6.45) is 0. The van der Waals surface area contributed by atoms with Crippen molar-refractivity contribution < 1.29 is 9.53 Å². The number of benzene rings is 1. The summed E-state index contributed by atoms with van der Waals surface area (Å²) < 4.78 is 4.88. The van der Waals surface area contributed by atoms with E-state index in [-0.39, 0.29) is 0 Å². The summed E-state index contributed by atoms with van der Waals surface area (Å²) in [5.74, 6) is -0.394. The van der Waals surface area contributed by atoms with E-state index >= 15 is 0 Å². The second-order valence-corrected chi connectivity index (χ2v) is 3.80. The lowest BCUT2D eigenvalue weighted by Gasteiger charge is -1.98. The number of ether oxygens (including phenoxy) is 1. The van der Waals surface area contributed by atoms with Crippen LogP contribution in [0, 0.1) is 0 Å². The highest BCUT2D eigenvalue weighted by Gasteiger charge is 2.12. The minimum absolute atomic E-state index is 0.338. The van der Waals surface area contributed by atoms with Crippen LogP contribution < -0.4 is 5.73 Å². The fraction of sp³-hybridized carbons (Fsp3) is 0.182. The molecule has 0 unspecified atom stereocenters. The molecule has 0 bridgehead atoms. The van der Waals surface area contributed by atoms with Crippen molar-refractivity contribution in [3.8, 4) is 0 Å². The van der Waals surface area contributed by atoms with Gasteiger partial charge in [0.1, 0.15) is 5.69 Å². The van der Waals surface area contributed by atoms with E-state index in [1.807, 2.05) is 0 Å². The van der Waals surface area contributed by atoms with Crippen LogP contribution in [0.2, 0.25) is 5.02 Å². The van der Waals surface area contributed by atoms with Crippen LogP contribution >= 0.6 is 11.6 Å². The highest BCUT2D eigenvalue weighted by atomic mass is 35.5. The number of fused-ring (bicyclic) bond motifs is 1. The highest BCUT2D eigenvalue weighted by molar-refractivity contribution is 6.31. The van der Waals surface area contributed by atoms with E-state index in [9.17, 15) is 4.79 Å². The van der Waals surface area contributed by atoms with Crippen LogP contribution in [0.1, 0.15) is 17.4 Å². The number of nitrogen functional groups attached to an aromatic ring is 1. The molecular formula is C11H11ClN2O2. The maximum atomic E-state index is 11.5. The van der Waals surface area contributed by atoms with Crippen LogP contribution in [-0.4, -0.2) is 17.6 Å². The van der Waals surface area contributed by atoms with Gasteiger partial charge in [-0.2, -0.15) is 0 Å². The predicted octanol–water partition coefficient (Wildman–Crippen LogP) is 2.58. The maximum Gasteiger partial charge on any atom is 0.354 e. The first-order valence-electron chi connectivity index (χ1n) is 4.86. The smallest absolute Gasteiger partial charge is 0.354 e. The number of rotatable bonds is 2. The molecule has 0 fully saturated rings. The summed E-state index contributed by atoms with van der Waals surface area (Å²) in [5, 5.41) is 1.34. The molecule has 0 saturated carbocycles. The largest absolute Gasteiger partial charge is 0.461 e. The average molecular weight is 239 g/mol. The summed E-state index contributed by atoms with van der Waals surface area (Å²) >= 11 is 5.86. The fourth-order valence-electron chi connectivity index (χ4n) is 1.55. The Bertz CT molecular complexity index is 548. The minimum atomic E-state index is -0.394. The van der Waals surface area contributed by atoms with E-state index in [2.05, 4.69) is 4.98 Å². The van der Waals surface area contributed by atoms with Crippen molar-refractivity contribution in [2.75, 3.05) is 12.3 Å². The molecule has 0 aliphatic heterocycles. The van der Waals surface area contributed by atoms with Crippen molar-refractivity contribution in [1.82, 2.24) is 4.98 Å². The van der Waals surface area contributed by atoms with Gasteiger partial charge < -0.3 is 15.5 Å². The molecule has 4 nitrogen and oxygen atoms in total. The number of carbonyl (C=O) groups excluding carboxylic acids is 1. The molecule has 2 aromatic rings. The number of H-pyrrole nitrogens is 1. The fourth-order valence-corrected chi connectivity index (χ4v) is 1.79. The first kappa shape index (κ1) is 10.8. The third kappa shape index (κ3) is 1.84. The van der Waals surface area contributed by atoms with E-state index in [1.54, 1.807) is 25.1 Å². The number of aromatic nitrogens is 1. The van der Waals surface area contributed by atoms with Crippen molar-refractivity contribution >= 4 is 34.2 Å². The molecule has 3 N–H and O–H groups in total. The molecule has 0 saturated heterocycles. The van der Waals surface area contributed by atoms with Gasteiger partial charge in [0.05, 0.1) is 17.8 Å². The molecule has 5 heteroatoms. The molecular weight excluding hydrogens is 228 g/mol. The quantitative estimate of drug-likeness (QED) is 0.624. The molecule has 1 aromatic carbocycles. The van der Waals surface area contributed by atoms with Gasteiger partial charge in [0, 0.05) is 10.4 Å². The Labute approximate surface area is 97.3 Å². The number of esters is 1. The number of carbonyl (C=O) groups is 1. The zero-order valence-electron chi connectivity index (χ0n) is 8.71.